The average Bonchev–Trinajstić information content (AvgIpc) is 2.29. The Morgan fingerprint density at radius 1 is 1.53 bits per heavy atom. The number of aromatic amines is 1. The Morgan fingerprint density at radius 3 is 3.00 bits per heavy atom. The van der Waals surface area contributed by atoms with Crippen LogP contribution in [0, 0.1) is 0 Å². The normalized spacial score (nSPS) is 10.5. The van der Waals surface area contributed by atoms with E-state index < -0.39 is 5.97 Å². The number of halogens is 1. The molecular formula is C11H9BrN2O3. The van der Waals surface area contributed by atoms with Crippen LogP contribution in [0.3, 0.4) is 0 Å². The van der Waals surface area contributed by atoms with E-state index in [1.54, 1.807) is 19.1 Å². The number of aromatic nitrogens is 2. The van der Waals surface area contributed by atoms with Crippen molar-refractivity contribution in [2.75, 3.05) is 6.61 Å². The van der Waals surface area contributed by atoms with Gasteiger partial charge in [0.05, 0.1) is 12.0 Å². The van der Waals surface area contributed by atoms with Crippen LogP contribution in [0.2, 0.25) is 0 Å². The largest absolute Gasteiger partial charge is 0.462 e. The Bertz CT molecular complexity index is 636. The highest BCUT2D eigenvalue weighted by atomic mass is 79.9. The van der Waals surface area contributed by atoms with Crippen molar-refractivity contribution in [1.82, 2.24) is 9.97 Å². The molecule has 2 aromatic heterocycles. The third kappa shape index (κ3) is 2.21. The molecule has 0 amide bonds. The Balaban J connectivity index is 2.62. The highest BCUT2D eigenvalue weighted by molar-refractivity contribution is 9.10. The van der Waals surface area contributed by atoms with Crippen LogP contribution >= 0.6 is 15.9 Å². The number of carbonyl (C=O) groups is 1. The van der Waals surface area contributed by atoms with Gasteiger partial charge in [-0.2, -0.15) is 0 Å². The van der Waals surface area contributed by atoms with Gasteiger partial charge < -0.3 is 9.72 Å². The monoisotopic (exact) mass is 296 g/mol. The van der Waals surface area contributed by atoms with E-state index in [0.29, 0.717) is 15.6 Å². The number of carbonyl (C=O) groups excluding carboxylic acids is 1. The van der Waals surface area contributed by atoms with Gasteiger partial charge in [-0.05, 0) is 35.0 Å². The van der Waals surface area contributed by atoms with Gasteiger partial charge in [0.25, 0.3) is 0 Å². The standard InChI is InChI=1S/C11H9BrN2O3/c1-2-17-11(16)7-5-13-10-6(9(7)15)3-4-8(12)14-10/h3-5H,2H2,1H3,(H,13,14,15). The molecule has 2 aromatic rings. The molecular weight excluding hydrogens is 288 g/mol. The molecule has 5 nitrogen and oxygen atoms in total. The average molecular weight is 297 g/mol. The van der Waals surface area contributed by atoms with Crippen LogP contribution in [0.25, 0.3) is 11.0 Å². The van der Waals surface area contributed by atoms with Crippen LogP contribution in [0.5, 0.6) is 0 Å². The number of nitrogens with one attached hydrogen (secondary N) is 1. The lowest BCUT2D eigenvalue weighted by atomic mass is 10.2. The van der Waals surface area contributed by atoms with Gasteiger partial charge in [0.2, 0.25) is 5.43 Å². The number of hydrogen-bond donors (Lipinski definition) is 1. The summed E-state index contributed by atoms with van der Waals surface area (Å²) in [6.45, 7) is 1.92. The summed E-state index contributed by atoms with van der Waals surface area (Å²) in [5.41, 5.74) is 0.0399. The molecule has 0 radical (unpaired) electrons. The second kappa shape index (κ2) is 4.67. The summed E-state index contributed by atoms with van der Waals surface area (Å²) in [4.78, 5) is 30.4. The van der Waals surface area contributed by atoms with Gasteiger partial charge in [0, 0.05) is 6.20 Å². The molecule has 6 heteroatoms. The second-order valence-corrected chi connectivity index (χ2v) is 4.09. The number of fused-ring (bicyclic) bond motifs is 1. The van der Waals surface area contributed by atoms with Crippen LogP contribution in [0.4, 0.5) is 0 Å². The molecule has 0 atom stereocenters. The number of esters is 1. The van der Waals surface area contributed by atoms with Gasteiger partial charge in [0.15, 0.2) is 0 Å². The molecule has 0 aliphatic rings. The zero-order chi connectivity index (χ0) is 12.4. The molecule has 0 fully saturated rings. The molecule has 1 N–H and O–H groups in total. The van der Waals surface area contributed by atoms with Crippen molar-refractivity contribution in [1.29, 1.82) is 0 Å². The fourth-order valence-electron chi connectivity index (χ4n) is 1.44. The molecule has 0 saturated carbocycles. The maximum atomic E-state index is 12.0. The van der Waals surface area contributed by atoms with Gasteiger partial charge in [0.1, 0.15) is 15.8 Å². The number of ether oxygens (including phenoxy) is 1. The molecule has 2 rings (SSSR count). The van der Waals surface area contributed by atoms with Crippen molar-refractivity contribution in [3.05, 3.63) is 38.7 Å². The van der Waals surface area contributed by atoms with E-state index in [1.165, 1.54) is 6.20 Å². The molecule has 0 spiro atoms. The van der Waals surface area contributed by atoms with E-state index in [1.807, 2.05) is 0 Å². The van der Waals surface area contributed by atoms with Crippen LogP contribution in [0.1, 0.15) is 17.3 Å². The second-order valence-electron chi connectivity index (χ2n) is 3.28. The maximum absolute atomic E-state index is 12.0. The lowest BCUT2D eigenvalue weighted by Crippen LogP contribution is -2.18. The SMILES string of the molecule is CCOC(=O)c1c[nH]c2nc(Br)ccc2c1=O. The Morgan fingerprint density at radius 2 is 2.29 bits per heavy atom. The van der Waals surface area contributed by atoms with Crippen LogP contribution in [-0.4, -0.2) is 22.5 Å². The summed E-state index contributed by atoms with van der Waals surface area (Å²) in [6, 6.07) is 3.25. The van der Waals surface area contributed by atoms with Crippen LogP contribution in [-0.2, 0) is 4.74 Å². The summed E-state index contributed by atoms with van der Waals surface area (Å²) < 4.78 is 5.41. The van der Waals surface area contributed by atoms with Crippen molar-refractivity contribution < 1.29 is 9.53 Å². The fourth-order valence-corrected chi connectivity index (χ4v) is 1.75. The van der Waals surface area contributed by atoms with E-state index in [2.05, 4.69) is 25.9 Å². The molecule has 0 bridgehead atoms. The predicted octanol–water partition coefficient (Wildman–Crippen LogP) is 1.86. The Labute approximate surface area is 105 Å². The van der Waals surface area contributed by atoms with Gasteiger partial charge in [-0.3, -0.25) is 4.79 Å². The van der Waals surface area contributed by atoms with Gasteiger partial charge in [-0.25, -0.2) is 9.78 Å². The summed E-state index contributed by atoms with van der Waals surface area (Å²) in [6.07, 6.45) is 1.32. The minimum absolute atomic E-state index is 0.0107. The maximum Gasteiger partial charge on any atom is 0.343 e. The summed E-state index contributed by atoms with van der Waals surface area (Å²) in [5, 5.41) is 0.360. The summed E-state index contributed by atoms with van der Waals surface area (Å²) >= 11 is 3.20. The summed E-state index contributed by atoms with van der Waals surface area (Å²) in [7, 11) is 0. The minimum Gasteiger partial charge on any atom is -0.462 e. The molecule has 88 valence electrons. The summed E-state index contributed by atoms with van der Waals surface area (Å²) in [5.74, 6) is -0.626. The Kier molecular flexibility index (Phi) is 3.23. The van der Waals surface area contributed by atoms with Crippen molar-refractivity contribution in [3.8, 4) is 0 Å². The molecule has 2 heterocycles. The topological polar surface area (TPSA) is 72.1 Å². The van der Waals surface area contributed by atoms with E-state index in [0.717, 1.165) is 0 Å². The van der Waals surface area contributed by atoms with E-state index >= 15 is 0 Å². The van der Waals surface area contributed by atoms with Crippen molar-refractivity contribution in [2.24, 2.45) is 0 Å². The quantitative estimate of drug-likeness (QED) is 0.678. The molecule has 0 aliphatic carbocycles. The highest BCUT2D eigenvalue weighted by Gasteiger charge is 2.14. The first kappa shape index (κ1) is 11.8. The van der Waals surface area contributed by atoms with Crippen LogP contribution in [0.15, 0.2) is 27.7 Å². The molecule has 0 aliphatic heterocycles. The third-order valence-corrected chi connectivity index (χ3v) is 2.64. The first-order chi connectivity index (χ1) is 8.13. The van der Waals surface area contributed by atoms with Gasteiger partial charge in [-0.1, -0.05) is 0 Å². The first-order valence-electron chi connectivity index (χ1n) is 4.98. The Hall–Kier alpha value is -1.69. The number of rotatable bonds is 2. The predicted molar refractivity (Wildman–Crippen MR) is 66.0 cm³/mol. The third-order valence-electron chi connectivity index (χ3n) is 2.20. The van der Waals surface area contributed by atoms with E-state index in [9.17, 15) is 9.59 Å². The minimum atomic E-state index is -0.626. The molecule has 0 saturated heterocycles. The van der Waals surface area contributed by atoms with Crippen molar-refractivity contribution in [2.45, 2.75) is 6.92 Å². The number of pyridine rings is 2. The zero-order valence-corrected chi connectivity index (χ0v) is 10.6. The van der Waals surface area contributed by atoms with Crippen molar-refractivity contribution >= 4 is 32.9 Å². The molecule has 17 heavy (non-hydrogen) atoms. The lowest BCUT2D eigenvalue weighted by Gasteiger charge is -2.02. The number of H-pyrrole nitrogens is 1. The molecule has 0 aromatic carbocycles. The van der Waals surface area contributed by atoms with E-state index in [-0.39, 0.29) is 17.6 Å². The zero-order valence-electron chi connectivity index (χ0n) is 8.99. The van der Waals surface area contributed by atoms with Crippen LogP contribution < -0.4 is 5.43 Å². The number of nitrogens with zero attached hydrogens (tertiary/aromatic N) is 1. The van der Waals surface area contributed by atoms with Crippen molar-refractivity contribution in [3.63, 3.8) is 0 Å². The van der Waals surface area contributed by atoms with E-state index in [4.69, 9.17) is 4.74 Å². The van der Waals surface area contributed by atoms with Gasteiger partial charge >= 0.3 is 5.97 Å². The first-order valence-corrected chi connectivity index (χ1v) is 5.78. The fraction of sp³-hybridized carbons (Fsp3) is 0.182. The highest BCUT2D eigenvalue weighted by Crippen LogP contribution is 2.11. The number of hydrogen-bond acceptors (Lipinski definition) is 4. The molecule has 0 unspecified atom stereocenters. The smallest absolute Gasteiger partial charge is 0.343 e. The lowest BCUT2D eigenvalue weighted by molar-refractivity contribution is 0.0524. The van der Waals surface area contributed by atoms with Gasteiger partial charge in [-0.15, -0.1) is 0 Å².